The van der Waals surface area contributed by atoms with Crippen molar-refractivity contribution in [2.45, 2.75) is 11.3 Å². The first-order valence-corrected chi connectivity index (χ1v) is 7.25. The summed E-state index contributed by atoms with van der Waals surface area (Å²) >= 11 is 0. The number of hydrogen-bond acceptors (Lipinski definition) is 2. The summed E-state index contributed by atoms with van der Waals surface area (Å²) in [5.41, 5.74) is 0.975. The number of aryl methyl sites for hydroxylation is 1. The van der Waals surface area contributed by atoms with Gasteiger partial charge in [-0.25, -0.2) is 12.8 Å². The van der Waals surface area contributed by atoms with Gasteiger partial charge in [0.05, 0.1) is 10.6 Å². The number of halogens is 1. The second-order valence-electron chi connectivity index (χ2n) is 4.01. The molecule has 94 valence electrons. The molecule has 0 heterocycles. The number of rotatable bonds is 4. The van der Waals surface area contributed by atoms with Crippen molar-refractivity contribution in [3.05, 3.63) is 66.0 Å². The maximum Gasteiger partial charge on any atom is 0.178 e. The van der Waals surface area contributed by atoms with E-state index in [4.69, 9.17) is 0 Å². The van der Waals surface area contributed by atoms with Gasteiger partial charge in [0.25, 0.3) is 0 Å². The minimum absolute atomic E-state index is 0.0304. The SMILES string of the molecule is O=S(=O)(CCc1ccccc1)c1ccc(F)cc1. The molecule has 0 atom stereocenters. The minimum Gasteiger partial charge on any atom is -0.224 e. The molecule has 4 heteroatoms. The summed E-state index contributed by atoms with van der Waals surface area (Å²) in [7, 11) is -3.34. The van der Waals surface area contributed by atoms with Crippen molar-refractivity contribution in [1.82, 2.24) is 0 Å². The van der Waals surface area contributed by atoms with Gasteiger partial charge in [-0.3, -0.25) is 0 Å². The zero-order valence-corrected chi connectivity index (χ0v) is 10.5. The van der Waals surface area contributed by atoms with E-state index in [-0.39, 0.29) is 10.6 Å². The standard InChI is InChI=1S/C14H13FO2S/c15-13-6-8-14(9-7-13)18(16,17)11-10-12-4-2-1-3-5-12/h1-9H,10-11H2. The van der Waals surface area contributed by atoms with Gasteiger partial charge in [-0.05, 0) is 36.2 Å². The highest BCUT2D eigenvalue weighted by molar-refractivity contribution is 7.91. The van der Waals surface area contributed by atoms with Gasteiger partial charge in [0.2, 0.25) is 0 Å². The lowest BCUT2D eigenvalue weighted by Gasteiger charge is -2.04. The molecule has 0 amide bonds. The van der Waals surface area contributed by atoms with Crippen LogP contribution in [0.1, 0.15) is 5.56 Å². The van der Waals surface area contributed by atoms with Crippen LogP contribution in [-0.2, 0) is 16.3 Å². The molecule has 0 unspecified atom stereocenters. The summed E-state index contributed by atoms with van der Waals surface area (Å²) in [5, 5.41) is 0. The third-order valence-corrected chi connectivity index (χ3v) is 4.41. The van der Waals surface area contributed by atoms with Crippen LogP contribution >= 0.6 is 0 Å². The fourth-order valence-electron chi connectivity index (χ4n) is 1.66. The zero-order chi connectivity index (χ0) is 13.0. The van der Waals surface area contributed by atoms with E-state index in [0.717, 1.165) is 17.7 Å². The fraction of sp³-hybridized carbons (Fsp3) is 0.143. The van der Waals surface area contributed by atoms with Gasteiger partial charge in [-0.15, -0.1) is 0 Å². The lowest BCUT2D eigenvalue weighted by Crippen LogP contribution is -2.09. The van der Waals surface area contributed by atoms with Crippen LogP contribution in [0, 0.1) is 5.82 Å². The van der Waals surface area contributed by atoms with E-state index in [1.807, 2.05) is 30.3 Å². The van der Waals surface area contributed by atoms with E-state index < -0.39 is 15.7 Å². The maximum atomic E-state index is 12.7. The zero-order valence-electron chi connectivity index (χ0n) is 9.71. The fourth-order valence-corrected chi connectivity index (χ4v) is 2.95. The van der Waals surface area contributed by atoms with E-state index in [0.29, 0.717) is 6.42 Å². The topological polar surface area (TPSA) is 34.1 Å². The molecule has 2 nitrogen and oxygen atoms in total. The predicted molar refractivity (Wildman–Crippen MR) is 68.6 cm³/mol. The Kier molecular flexibility index (Phi) is 3.77. The van der Waals surface area contributed by atoms with Gasteiger partial charge in [0.1, 0.15) is 5.82 Å². The molecule has 18 heavy (non-hydrogen) atoms. The number of sulfone groups is 1. The van der Waals surface area contributed by atoms with Crippen LogP contribution in [0.15, 0.2) is 59.5 Å². The molecular weight excluding hydrogens is 251 g/mol. The Morgan fingerprint density at radius 1 is 0.889 bits per heavy atom. The van der Waals surface area contributed by atoms with Gasteiger partial charge in [0.15, 0.2) is 9.84 Å². The molecule has 0 radical (unpaired) electrons. The first kappa shape index (κ1) is 12.8. The molecule has 0 aliphatic heterocycles. The summed E-state index contributed by atoms with van der Waals surface area (Å²) in [5.74, 6) is -0.403. The summed E-state index contributed by atoms with van der Waals surface area (Å²) in [6, 6.07) is 14.3. The number of benzene rings is 2. The predicted octanol–water partition coefficient (Wildman–Crippen LogP) is 2.84. The average molecular weight is 264 g/mol. The van der Waals surface area contributed by atoms with Crippen LogP contribution in [0.2, 0.25) is 0 Å². The van der Waals surface area contributed by atoms with Gasteiger partial charge in [-0.1, -0.05) is 30.3 Å². The highest BCUT2D eigenvalue weighted by atomic mass is 32.2. The quantitative estimate of drug-likeness (QED) is 0.796. The number of hydrogen-bond donors (Lipinski definition) is 0. The molecule has 2 rings (SSSR count). The lowest BCUT2D eigenvalue weighted by molar-refractivity contribution is 0.594. The van der Waals surface area contributed by atoms with Crippen LogP contribution in [0.3, 0.4) is 0 Å². The first-order valence-electron chi connectivity index (χ1n) is 5.60. The van der Waals surface area contributed by atoms with Crippen LogP contribution in [0.5, 0.6) is 0 Å². The Morgan fingerprint density at radius 3 is 2.11 bits per heavy atom. The first-order chi connectivity index (χ1) is 8.58. The maximum absolute atomic E-state index is 12.7. The van der Waals surface area contributed by atoms with Gasteiger partial charge < -0.3 is 0 Å². The molecular formula is C14H13FO2S. The van der Waals surface area contributed by atoms with Crippen LogP contribution < -0.4 is 0 Å². The molecule has 0 bridgehead atoms. The van der Waals surface area contributed by atoms with E-state index >= 15 is 0 Å². The molecule has 2 aromatic carbocycles. The highest BCUT2D eigenvalue weighted by Gasteiger charge is 2.14. The summed E-state index contributed by atoms with van der Waals surface area (Å²) in [6.45, 7) is 0. The third kappa shape index (κ3) is 3.17. The van der Waals surface area contributed by atoms with Crippen molar-refractivity contribution < 1.29 is 12.8 Å². The molecule has 0 saturated heterocycles. The van der Waals surface area contributed by atoms with E-state index in [2.05, 4.69) is 0 Å². The van der Waals surface area contributed by atoms with Gasteiger partial charge in [0, 0.05) is 0 Å². The Labute approximate surface area is 106 Å². The molecule has 0 aliphatic carbocycles. The normalized spacial score (nSPS) is 11.4. The Bertz CT molecular complexity index is 604. The van der Waals surface area contributed by atoms with Crippen molar-refractivity contribution >= 4 is 9.84 Å². The minimum atomic E-state index is -3.34. The van der Waals surface area contributed by atoms with Crippen molar-refractivity contribution in [2.75, 3.05) is 5.75 Å². The Balaban J connectivity index is 2.11. The van der Waals surface area contributed by atoms with E-state index in [9.17, 15) is 12.8 Å². The van der Waals surface area contributed by atoms with Crippen molar-refractivity contribution in [3.63, 3.8) is 0 Å². The molecule has 2 aromatic rings. The second kappa shape index (κ2) is 5.31. The van der Waals surface area contributed by atoms with Gasteiger partial charge in [-0.2, -0.15) is 0 Å². The largest absolute Gasteiger partial charge is 0.224 e. The van der Waals surface area contributed by atoms with Crippen molar-refractivity contribution in [2.24, 2.45) is 0 Å². The van der Waals surface area contributed by atoms with Crippen molar-refractivity contribution in [1.29, 1.82) is 0 Å². The van der Waals surface area contributed by atoms with E-state index in [1.54, 1.807) is 0 Å². The van der Waals surface area contributed by atoms with E-state index in [1.165, 1.54) is 12.1 Å². The lowest BCUT2D eigenvalue weighted by atomic mass is 10.2. The average Bonchev–Trinajstić information content (AvgIpc) is 2.38. The smallest absolute Gasteiger partial charge is 0.178 e. The third-order valence-electron chi connectivity index (χ3n) is 2.68. The van der Waals surface area contributed by atoms with Crippen LogP contribution in [0.25, 0.3) is 0 Å². The Hall–Kier alpha value is -1.68. The molecule has 0 saturated carbocycles. The summed E-state index contributed by atoms with van der Waals surface area (Å²) in [6.07, 6.45) is 0.459. The monoisotopic (exact) mass is 264 g/mol. The van der Waals surface area contributed by atoms with Crippen LogP contribution in [-0.4, -0.2) is 14.2 Å². The van der Waals surface area contributed by atoms with Crippen molar-refractivity contribution in [3.8, 4) is 0 Å². The molecule has 0 aliphatic rings. The molecule has 0 N–H and O–H groups in total. The molecule has 0 aromatic heterocycles. The second-order valence-corrected chi connectivity index (χ2v) is 6.12. The molecule has 0 fully saturated rings. The van der Waals surface area contributed by atoms with Gasteiger partial charge >= 0.3 is 0 Å². The molecule has 0 spiro atoms. The summed E-state index contributed by atoms with van der Waals surface area (Å²) < 4.78 is 36.7. The van der Waals surface area contributed by atoms with Crippen LogP contribution in [0.4, 0.5) is 4.39 Å². The summed E-state index contributed by atoms with van der Waals surface area (Å²) in [4.78, 5) is 0.167. The highest BCUT2D eigenvalue weighted by Crippen LogP contribution is 2.13. The Morgan fingerprint density at radius 2 is 1.50 bits per heavy atom.